The zero-order valence-corrected chi connectivity index (χ0v) is 15.2. The first-order valence-corrected chi connectivity index (χ1v) is 9.54. The van der Waals surface area contributed by atoms with Gasteiger partial charge in [0.1, 0.15) is 20.9 Å². The molecular weight excluding hydrogens is 372 g/mol. The van der Waals surface area contributed by atoms with Crippen molar-refractivity contribution in [1.82, 2.24) is 4.37 Å². The molecule has 0 aliphatic carbocycles. The Hall–Kier alpha value is -2.40. The number of hydrogen-bond acceptors (Lipinski definition) is 7. The molecule has 3 rings (SSSR count). The molecule has 3 aromatic rings. The summed E-state index contributed by atoms with van der Waals surface area (Å²) in [5, 5.41) is 9.41. The Morgan fingerprint density at radius 1 is 0.880 bits per heavy atom. The molecule has 1 heterocycles. The molecule has 25 heavy (non-hydrogen) atoms. The number of carbonyl (C=O) groups excluding carboxylic acids is 2. The van der Waals surface area contributed by atoms with E-state index in [0.717, 1.165) is 35.1 Å². The molecule has 0 atom stereocenters. The van der Waals surface area contributed by atoms with Crippen LogP contribution < -0.4 is 0 Å². The zero-order valence-electron chi connectivity index (χ0n) is 12.7. The van der Waals surface area contributed by atoms with Crippen LogP contribution in [0.4, 0.5) is 0 Å². The average molecular weight is 382 g/mol. The number of thioether (sulfide) groups is 2. The van der Waals surface area contributed by atoms with Crippen LogP contribution in [-0.4, -0.2) is 14.6 Å². The van der Waals surface area contributed by atoms with E-state index in [1.165, 1.54) is 0 Å². The molecule has 0 radical (unpaired) electrons. The summed E-state index contributed by atoms with van der Waals surface area (Å²) in [4.78, 5) is 24.6. The van der Waals surface area contributed by atoms with E-state index in [2.05, 4.69) is 10.4 Å². The second-order valence-corrected chi connectivity index (χ2v) is 7.75. The highest BCUT2D eigenvalue weighted by Gasteiger charge is 2.21. The Balaban J connectivity index is 1.79. The van der Waals surface area contributed by atoms with Gasteiger partial charge in [0.2, 0.25) is 10.2 Å². The Labute approximate surface area is 157 Å². The Kier molecular flexibility index (Phi) is 5.66. The van der Waals surface area contributed by atoms with Crippen molar-refractivity contribution < 1.29 is 9.59 Å². The van der Waals surface area contributed by atoms with Crippen molar-refractivity contribution in [2.24, 2.45) is 0 Å². The van der Waals surface area contributed by atoms with Crippen LogP contribution in [0.2, 0.25) is 0 Å². The molecule has 0 fully saturated rings. The van der Waals surface area contributed by atoms with E-state index in [0.29, 0.717) is 20.4 Å². The molecule has 7 heteroatoms. The minimum atomic E-state index is -0.187. The average Bonchev–Trinajstić information content (AvgIpc) is 3.04. The Morgan fingerprint density at radius 3 is 1.92 bits per heavy atom. The Morgan fingerprint density at radius 2 is 1.40 bits per heavy atom. The van der Waals surface area contributed by atoms with Crippen molar-refractivity contribution in [3.63, 3.8) is 0 Å². The van der Waals surface area contributed by atoms with Gasteiger partial charge < -0.3 is 0 Å². The maximum Gasteiger partial charge on any atom is 0.225 e. The largest absolute Gasteiger partial charge is 0.281 e. The lowest BCUT2D eigenvalue weighted by Crippen LogP contribution is -1.94. The summed E-state index contributed by atoms with van der Waals surface area (Å²) in [5.41, 5.74) is 1.37. The van der Waals surface area contributed by atoms with Crippen LogP contribution in [-0.2, 0) is 0 Å². The van der Waals surface area contributed by atoms with E-state index >= 15 is 0 Å². The molecule has 0 aliphatic heterocycles. The lowest BCUT2D eigenvalue weighted by molar-refractivity contribution is 0.108. The third-order valence-electron chi connectivity index (χ3n) is 3.14. The van der Waals surface area contributed by atoms with Crippen molar-refractivity contribution in [3.8, 4) is 6.07 Å². The molecule has 0 amide bonds. The smallest absolute Gasteiger partial charge is 0.225 e. The van der Waals surface area contributed by atoms with Gasteiger partial charge in [0.15, 0.2) is 0 Å². The number of rotatable bonds is 4. The summed E-state index contributed by atoms with van der Waals surface area (Å²) in [6.07, 6.45) is 0. The second kappa shape index (κ2) is 8.12. The third-order valence-corrected chi connectivity index (χ3v) is 6.09. The van der Waals surface area contributed by atoms with Crippen molar-refractivity contribution in [2.45, 2.75) is 9.24 Å². The molecule has 1 aromatic heterocycles. The summed E-state index contributed by atoms with van der Waals surface area (Å²) >= 11 is 2.92. The van der Waals surface area contributed by atoms with Crippen LogP contribution in [0.5, 0.6) is 0 Å². The first-order valence-electron chi connectivity index (χ1n) is 7.13. The minimum Gasteiger partial charge on any atom is -0.281 e. The number of aromatic nitrogens is 1. The van der Waals surface area contributed by atoms with Gasteiger partial charge >= 0.3 is 0 Å². The highest BCUT2D eigenvalue weighted by Crippen LogP contribution is 2.36. The zero-order chi connectivity index (χ0) is 17.6. The SMILES string of the molecule is N#Cc1c(SC(=O)c2ccccc2)nsc1SC(=O)c1ccccc1. The normalized spacial score (nSPS) is 10.2. The standard InChI is InChI=1S/C18H10N2O2S3/c19-11-14-15(23-16(21)12-7-3-1-4-8-12)20-25-18(14)24-17(22)13-9-5-2-6-10-13/h1-10H. The van der Waals surface area contributed by atoms with Gasteiger partial charge in [0, 0.05) is 11.1 Å². The van der Waals surface area contributed by atoms with E-state index in [-0.39, 0.29) is 15.8 Å². The molecule has 0 N–H and O–H groups in total. The van der Waals surface area contributed by atoms with Crippen LogP contribution >= 0.6 is 35.1 Å². The summed E-state index contributed by atoms with van der Waals surface area (Å²) in [7, 11) is 0. The lowest BCUT2D eigenvalue weighted by atomic mass is 10.2. The van der Waals surface area contributed by atoms with Crippen molar-refractivity contribution in [3.05, 3.63) is 77.4 Å². The Bertz CT molecular complexity index is 876. The number of carbonyl (C=O) groups is 2. The van der Waals surface area contributed by atoms with Gasteiger partial charge in [-0.2, -0.15) is 9.64 Å². The van der Waals surface area contributed by atoms with Crippen LogP contribution in [0, 0.1) is 11.3 Å². The fourth-order valence-corrected chi connectivity index (χ4v) is 4.65. The van der Waals surface area contributed by atoms with E-state index in [1.54, 1.807) is 48.5 Å². The molecule has 0 spiro atoms. The van der Waals surface area contributed by atoms with Gasteiger partial charge in [-0.3, -0.25) is 9.59 Å². The first-order chi connectivity index (χ1) is 12.2. The van der Waals surface area contributed by atoms with Crippen molar-refractivity contribution in [2.75, 3.05) is 0 Å². The predicted molar refractivity (Wildman–Crippen MR) is 100 cm³/mol. The highest BCUT2D eigenvalue weighted by atomic mass is 32.2. The van der Waals surface area contributed by atoms with Crippen LogP contribution in [0.3, 0.4) is 0 Å². The molecule has 2 aromatic carbocycles. The maximum atomic E-state index is 12.3. The van der Waals surface area contributed by atoms with E-state index in [9.17, 15) is 14.9 Å². The minimum absolute atomic E-state index is 0.160. The molecule has 4 nitrogen and oxygen atoms in total. The maximum absolute atomic E-state index is 12.3. The lowest BCUT2D eigenvalue weighted by Gasteiger charge is -1.99. The molecule has 0 saturated heterocycles. The second-order valence-electron chi connectivity index (χ2n) is 4.77. The van der Waals surface area contributed by atoms with Gasteiger partial charge in [0.25, 0.3) is 0 Å². The van der Waals surface area contributed by atoms with Gasteiger partial charge in [-0.25, -0.2) is 0 Å². The van der Waals surface area contributed by atoms with Gasteiger partial charge in [0.05, 0.1) is 0 Å². The summed E-state index contributed by atoms with van der Waals surface area (Å²) in [5.74, 6) is 0. The summed E-state index contributed by atoms with van der Waals surface area (Å²) in [6, 6.07) is 19.7. The fourth-order valence-electron chi connectivity index (χ4n) is 1.93. The van der Waals surface area contributed by atoms with Gasteiger partial charge in [-0.15, -0.1) is 0 Å². The van der Waals surface area contributed by atoms with E-state index < -0.39 is 0 Å². The highest BCUT2D eigenvalue weighted by molar-refractivity contribution is 8.16. The van der Waals surface area contributed by atoms with E-state index in [1.807, 2.05) is 12.1 Å². The third kappa shape index (κ3) is 4.17. The molecule has 0 unspecified atom stereocenters. The van der Waals surface area contributed by atoms with Crippen LogP contribution in [0.1, 0.15) is 26.3 Å². The first kappa shape index (κ1) is 17.4. The number of benzene rings is 2. The van der Waals surface area contributed by atoms with Crippen molar-refractivity contribution >= 4 is 45.3 Å². The van der Waals surface area contributed by atoms with E-state index in [4.69, 9.17) is 0 Å². The molecule has 0 saturated carbocycles. The quantitative estimate of drug-likeness (QED) is 0.599. The number of nitriles is 1. The summed E-state index contributed by atoms with van der Waals surface area (Å²) < 4.78 is 4.69. The molecule has 0 bridgehead atoms. The monoisotopic (exact) mass is 382 g/mol. The predicted octanol–water partition coefficient (Wildman–Crippen LogP) is 4.88. The number of nitrogens with zero attached hydrogens (tertiary/aromatic N) is 2. The molecular formula is C18H10N2O2S3. The fraction of sp³-hybridized carbons (Fsp3) is 0. The topological polar surface area (TPSA) is 70.8 Å². The number of hydrogen-bond donors (Lipinski definition) is 0. The summed E-state index contributed by atoms with van der Waals surface area (Å²) in [6.45, 7) is 0. The molecule has 122 valence electrons. The van der Waals surface area contributed by atoms with Crippen LogP contribution in [0.15, 0.2) is 69.9 Å². The molecule has 0 aliphatic rings. The van der Waals surface area contributed by atoms with Crippen molar-refractivity contribution in [1.29, 1.82) is 5.26 Å². The van der Waals surface area contributed by atoms with Gasteiger partial charge in [-0.05, 0) is 35.1 Å². The van der Waals surface area contributed by atoms with Crippen LogP contribution in [0.25, 0.3) is 0 Å². The van der Waals surface area contributed by atoms with Gasteiger partial charge in [-0.1, -0.05) is 60.7 Å².